The minimum absolute atomic E-state index is 0.521. The number of cyclic esters (lactones) is 2. The average molecular weight is 292 g/mol. The molecule has 1 aromatic heterocycles. The van der Waals surface area contributed by atoms with Crippen LogP contribution in [0.3, 0.4) is 0 Å². The van der Waals surface area contributed by atoms with Crippen LogP contribution in [-0.4, -0.2) is 11.9 Å². The van der Waals surface area contributed by atoms with E-state index in [0.29, 0.717) is 16.4 Å². The molecule has 1 aliphatic rings. The molecule has 0 bridgehead atoms. The molecule has 2 heterocycles. The van der Waals surface area contributed by atoms with Gasteiger partial charge in [0, 0.05) is 22.9 Å². The second kappa shape index (κ2) is 5.33. The van der Waals surface area contributed by atoms with Crippen LogP contribution in [0.2, 0.25) is 0 Å². The fourth-order valence-corrected chi connectivity index (χ4v) is 2.27. The van der Waals surface area contributed by atoms with E-state index in [1.807, 2.05) is 18.2 Å². The Labute approximate surface area is 126 Å². The molecule has 22 heavy (non-hydrogen) atoms. The van der Waals surface area contributed by atoms with Gasteiger partial charge >= 0.3 is 11.9 Å². The summed E-state index contributed by atoms with van der Waals surface area (Å²) in [6, 6.07) is 5.57. The van der Waals surface area contributed by atoms with Gasteiger partial charge in [-0.25, -0.2) is 9.59 Å². The molecule has 0 saturated heterocycles. The van der Waals surface area contributed by atoms with Gasteiger partial charge in [0.2, 0.25) is 0 Å². The molecule has 108 valence electrons. The molecule has 0 amide bonds. The van der Waals surface area contributed by atoms with Crippen molar-refractivity contribution in [2.24, 2.45) is 0 Å². The van der Waals surface area contributed by atoms with Crippen molar-refractivity contribution in [3.05, 3.63) is 65.0 Å². The van der Waals surface area contributed by atoms with Gasteiger partial charge in [0.1, 0.15) is 10.8 Å². The van der Waals surface area contributed by atoms with E-state index in [0.717, 1.165) is 16.3 Å². The van der Waals surface area contributed by atoms with Gasteiger partial charge in [0.05, 0.1) is 0 Å². The molecule has 0 saturated carbocycles. The number of allylic oxidation sites excluding steroid dienone is 4. The maximum absolute atomic E-state index is 11.7. The first-order valence-corrected chi connectivity index (χ1v) is 6.57. The summed E-state index contributed by atoms with van der Waals surface area (Å²) in [6.45, 7) is 7.65. The van der Waals surface area contributed by atoms with E-state index in [1.165, 1.54) is 18.2 Å². The van der Waals surface area contributed by atoms with Gasteiger partial charge in [0.15, 0.2) is 0 Å². The topological polar surface area (TPSA) is 56.5 Å². The molecule has 1 aliphatic heterocycles. The largest absolute Gasteiger partial charge is 0.457 e. The fourth-order valence-electron chi connectivity index (χ4n) is 2.27. The summed E-state index contributed by atoms with van der Waals surface area (Å²) in [5, 5.41) is 1.70. The van der Waals surface area contributed by atoms with Crippen LogP contribution < -0.4 is 10.8 Å². The minimum atomic E-state index is -0.712. The second-order valence-corrected chi connectivity index (χ2v) is 4.77. The van der Waals surface area contributed by atoms with Crippen molar-refractivity contribution in [2.75, 3.05) is 0 Å². The summed E-state index contributed by atoms with van der Waals surface area (Å²) in [5.41, 5.74) is 2.48. The first-order chi connectivity index (χ1) is 10.5. The average Bonchev–Trinajstić information content (AvgIpc) is 2.80. The number of hydrogen-bond acceptors (Lipinski definition) is 4. The predicted octanol–water partition coefficient (Wildman–Crippen LogP) is 1.83. The standard InChI is InChI=1S/C18H12O4/c1-11-15-8-7-14(9-16(15)12(2)21-11)13-5-3-4-6-17(19)22-18(20)10-13/h3-10H,1-2H2/b5-3?,6-4+,13-10?. The zero-order valence-electron chi connectivity index (χ0n) is 11.7. The Morgan fingerprint density at radius 3 is 2.41 bits per heavy atom. The molecule has 4 heteroatoms. The summed E-state index contributed by atoms with van der Waals surface area (Å²) in [4.78, 5) is 22.9. The molecular weight excluding hydrogens is 280 g/mol. The maximum Gasteiger partial charge on any atom is 0.339 e. The zero-order valence-corrected chi connectivity index (χ0v) is 11.7. The number of rotatable bonds is 1. The Morgan fingerprint density at radius 2 is 1.59 bits per heavy atom. The zero-order chi connectivity index (χ0) is 15.7. The number of furan rings is 1. The van der Waals surface area contributed by atoms with Gasteiger partial charge in [-0.2, -0.15) is 0 Å². The van der Waals surface area contributed by atoms with E-state index in [9.17, 15) is 9.59 Å². The summed E-state index contributed by atoms with van der Waals surface area (Å²) >= 11 is 0. The van der Waals surface area contributed by atoms with Crippen molar-refractivity contribution in [3.8, 4) is 0 Å². The number of esters is 2. The van der Waals surface area contributed by atoms with E-state index in [1.54, 1.807) is 12.2 Å². The predicted molar refractivity (Wildman–Crippen MR) is 83.9 cm³/mol. The highest BCUT2D eigenvalue weighted by molar-refractivity contribution is 6.02. The van der Waals surface area contributed by atoms with Crippen molar-refractivity contribution >= 4 is 41.4 Å². The van der Waals surface area contributed by atoms with Gasteiger partial charge in [-0.15, -0.1) is 0 Å². The van der Waals surface area contributed by atoms with Crippen molar-refractivity contribution in [2.45, 2.75) is 0 Å². The molecule has 1 aromatic carbocycles. The lowest BCUT2D eigenvalue weighted by molar-refractivity contribution is -0.152. The number of carbonyl (C=O) groups is 2. The van der Waals surface area contributed by atoms with E-state index in [4.69, 9.17) is 4.42 Å². The van der Waals surface area contributed by atoms with Crippen LogP contribution in [0.25, 0.3) is 29.5 Å². The van der Waals surface area contributed by atoms with Crippen LogP contribution in [0.1, 0.15) is 5.56 Å². The SMILES string of the molecule is C=c1oc(=C)c2cc(C3=CC(=O)OC(=O)/C=C/C=C3)ccc12. The summed E-state index contributed by atoms with van der Waals surface area (Å²) < 4.78 is 10.0. The molecule has 4 nitrogen and oxygen atoms in total. The molecule has 0 aliphatic carbocycles. The normalized spacial score (nSPS) is 16.6. The smallest absolute Gasteiger partial charge is 0.339 e. The summed E-state index contributed by atoms with van der Waals surface area (Å²) in [6.07, 6.45) is 7.38. The lowest BCUT2D eigenvalue weighted by atomic mass is 10.0. The van der Waals surface area contributed by atoms with Gasteiger partial charge in [0.25, 0.3) is 0 Å². The summed E-state index contributed by atoms with van der Waals surface area (Å²) in [7, 11) is 0. The first-order valence-electron chi connectivity index (χ1n) is 6.57. The highest BCUT2D eigenvalue weighted by Crippen LogP contribution is 2.20. The molecule has 0 radical (unpaired) electrons. The second-order valence-electron chi connectivity index (χ2n) is 4.77. The van der Waals surface area contributed by atoms with Crippen LogP contribution in [-0.2, 0) is 14.3 Å². The Kier molecular flexibility index (Phi) is 3.35. The van der Waals surface area contributed by atoms with Crippen LogP contribution in [0, 0.1) is 0 Å². The van der Waals surface area contributed by atoms with Gasteiger partial charge in [-0.05, 0) is 23.3 Å². The van der Waals surface area contributed by atoms with Crippen molar-refractivity contribution in [1.29, 1.82) is 0 Å². The van der Waals surface area contributed by atoms with E-state index < -0.39 is 11.9 Å². The summed E-state index contributed by atoms with van der Waals surface area (Å²) in [5.74, 6) is -1.41. The molecule has 0 atom stereocenters. The lowest BCUT2D eigenvalue weighted by Gasteiger charge is -2.02. The van der Waals surface area contributed by atoms with E-state index >= 15 is 0 Å². The first kappa shape index (κ1) is 13.8. The third-order valence-corrected chi connectivity index (χ3v) is 3.29. The van der Waals surface area contributed by atoms with Crippen LogP contribution in [0.4, 0.5) is 0 Å². The fraction of sp³-hybridized carbons (Fsp3) is 0. The highest BCUT2D eigenvalue weighted by Gasteiger charge is 2.10. The van der Waals surface area contributed by atoms with Gasteiger partial charge in [-0.3, -0.25) is 0 Å². The molecule has 0 unspecified atom stereocenters. The van der Waals surface area contributed by atoms with Crippen molar-refractivity contribution in [1.82, 2.24) is 0 Å². The minimum Gasteiger partial charge on any atom is -0.457 e. The number of hydrogen-bond donors (Lipinski definition) is 0. The number of carbonyl (C=O) groups excluding carboxylic acids is 2. The Bertz CT molecular complexity index is 970. The van der Waals surface area contributed by atoms with Crippen molar-refractivity contribution in [3.63, 3.8) is 0 Å². The quantitative estimate of drug-likeness (QED) is 0.594. The number of benzene rings is 1. The Morgan fingerprint density at radius 1 is 0.864 bits per heavy atom. The molecule has 0 N–H and O–H groups in total. The molecule has 0 spiro atoms. The molecular formula is C18H12O4. The highest BCUT2D eigenvalue weighted by atomic mass is 16.6. The molecule has 0 fully saturated rings. The van der Waals surface area contributed by atoms with Gasteiger partial charge in [-0.1, -0.05) is 37.5 Å². The number of ether oxygens (including phenoxy) is 1. The Hall–Kier alpha value is -3.14. The van der Waals surface area contributed by atoms with E-state index in [-0.39, 0.29) is 0 Å². The molecule has 2 aromatic rings. The third kappa shape index (κ3) is 2.54. The Balaban J connectivity index is 2.14. The van der Waals surface area contributed by atoms with Crippen molar-refractivity contribution < 1.29 is 18.7 Å². The third-order valence-electron chi connectivity index (χ3n) is 3.29. The van der Waals surface area contributed by atoms with Gasteiger partial charge < -0.3 is 9.15 Å². The number of fused-ring (bicyclic) bond motifs is 1. The monoisotopic (exact) mass is 292 g/mol. The van der Waals surface area contributed by atoms with Crippen LogP contribution in [0.15, 0.2) is 53.0 Å². The van der Waals surface area contributed by atoms with Crippen LogP contribution >= 0.6 is 0 Å². The molecule has 3 rings (SSSR count). The van der Waals surface area contributed by atoms with Crippen LogP contribution in [0.5, 0.6) is 0 Å². The van der Waals surface area contributed by atoms with E-state index in [2.05, 4.69) is 17.9 Å². The lowest BCUT2D eigenvalue weighted by Crippen LogP contribution is -2.07. The maximum atomic E-state index is 11.7.